The van der Waals surface area contributed by atoms with E-state index >= 15 is 0 Å². The van der Waals surface area contributed by atoms with Crippen molar-refractivity contribution in [3.05, 3.63) is 42.2 Å². The molecule has 0 saturated carbocycles. The summed E-state index contributed by atoms with van der Waals surface area (Å²) in [5.41, 5.74) is 1.28. The van der Waals surface area contributed by atoms with Crippen LogP contribution in [0.1, 0.15) is 31.9 Å². The molecule has 0 saturated heterocycles. The number of amides is 1. The number of carbonyl (C=O) groups is 1. The zero-order chi connectivity index (χ0) is 13.8. The van der Waals surface area contributed by atoms with E-state index in [1.807, 2.05) is 12.1 Å². The predicted molar refractivity (Wildman–Crippen MR) is 86.5 cm³/mol. The van der Waals surface area contributed by atoms with Gasteiger partial charge in [-0.25, -0.2) is 0 Å². The molecule has 0 aliphatic rings. The molecule has 2 rings (SSSR count). The third-order valence-electron chi connectivity index (χ3n) is 2.91. The lowest BCUT2D eigenvalue weighted by molar-refractivity contribution is 0.0958. The van der Waals surface area contributed by atoms with E-state index in [2.05, 4.69) is 41.2 Å². The molecule has 5 heteroatoms. The van der Waals surface area contributed by atoms with Crippen molar-refractivity contribution < 1.29 is 4.79 Å². The van der Waals surface area contributed by atoms with Crippen LogP contribution in [0, 0.1) is 6.92 Å². The standard InChI is InChI=1S/C14H16BrNOS2/c1-3-10-8-12(18-9(10)2)14(17)16-7-6-11-4-5-13(15)19-11/h4-5,8H,3,6-7H2,1-2H3,(H,16,17). The van der Waals surface area contributed by atoms with Gasteiger partial charge < -0.3 is 5.32 Å². The summed E-state index contributed by atoms with van der Waals surface area (Å²) in [6.45, 7) is 4.87. The first-order valence-corrected chi connectivity index (χ1v) is 8.64. The first-order chi connectivity index (χ1) is 9.10. The van der Waals surface area contributed by atoms with Gasteiger partial charge in [-0.15, -0.1) is 22.7 Å². The van der Waals surface area contributed by atoms with Crippen LogP contribution in [0.3, 0.4) is 0 Å². The number of hydrogen-bond donors (Lipinski definition) is 1. The molecule has 1 amide bonds. The van der Waals surface area contributed by atoms with Gasteiger partial charge in [0.25, 0.3) is 5.91 Å². The molecule has 102 valence electrons. The van der Waals surface area contributed by atoms with E-state index in [0.717, 1.165) is 21.5 Å². The lowest BCUT2D eigenvalue weighted by Gasteiger charge is -2.01. The summed E-state index contributed by atoms with van der Waals surface area (Å²) in [4.78, 5) is 15.4. The maximum atomic E-state index is 12.0. The first kappa shape index (κ1) is 14.8. The Morgan fingerprint density at radius 2 is 2.16 bits per heavy atom. The minimum Gasteiger partial charge on any atom is -0.351 e. The van der Waals surface area contributed by atoms with Crippen molar-refractivity contribution in [2.75, 3.05) is 6.54 Å². The van der Waals surface area contributed by atoms with Crippen LogP contribution in [0.15, 0.2) is 22.0 Å². The molecule has 0 fully saturated rings. The maximum absolute atomic E-state index is 12.0. The van der Waals surface area contributed by atoms with Gasteiger partial charge in [-0.3, -0.25) is 4.79 Å². The summed E-state index contributed by atoms with van der Waals surface area (Å²) in [5, 5.41) is 2.98. The molecule has 2 aromatic heterocycles. The monoisotopic (exact) mass is 357 g/mol. The van der Waals surface area contributed by atoms with E-state index in [-0.39, 0.29) is 5.91 Å². The SMILES string of the molecule is CCc1cc(C(=O)NCCc2ccc(Br)s2)sc1C. The highest BCUT2D eigenvalue weighted by Crippen LogP contribution is 2.23. The van der Waals surface area contributed by atoms with Crippen molar-refractivity contribution in [2.45, 2.75) is 26.7 Å². The van der Waals surface area contributed by atoms with Gasteiger partial charge >= 0.3 is 0 Å². The molecule has 0 aliphatic carbocycles. The zero-order valence-electron chi connectivity index (χ0n) is 11.0. The van der Waals surface area contributed by atoms with Crippen molar-refractivity contribution in [3.63, 3.8) is 0 Å². The Kier molecular flexibility index (Phi) is 5.19. The van der Waals surface area contributed by atoms with Crippen molar-refractivity contribution in [1.29, 1.82) is 0 Å². The lowest BCUT2D eigenvalue weighted by Crippen LogP contribution is -2.24. The van der Waals surface area contributed by atoms with E-state index < -0.39 is 0 Å². The minimum atomic E-state index is 0.0448. The van der Waals surface area contributed by atoms with Crippen LogP contribution in [0.2, 0.25) is 0 Å². The summed E-state index contributed by atoms with van der Waals surface area (Å²) < 4.78 is 1.13. The molecule has 19 heavy (non-hydrogen) atoms. The van der Waals surface area contributed by atoms with Crippen LogP contribution in [-0.4, -0.2) is 12.5 Å². The predicted octanol–water partition coefficient (Wildman–Crippen LogP) is 4.42. The number of halogens is 1. The van der Waals surface area contributed by atoms with Crippen molar-refractivity contribution in [3.8, 4) is 0 Å². The van der Waals surface area contributed by atoms with Gasteiger partial charge in [-0.1, -0.05) is 6.92 Å². The van der Waals surface area contributed by atoms with E-state index in [1.54, 1.807) is 22.7 Å². The highest BCUT2D eigenvalue weighted by molar-refractivity contribution is 9.11. The van der Waals surface area contributed by atoms with E-state index in [4.69, 9.17) is 0 Å². The van der Waals surface area contributed by atoms with E-state index in [9.17, 15) is 4.79 Å². The van der Waals surface area contributed by atoms with Gasteiger partial charge in [-0.05, 0) is 59.5 Å². The molecular weight excluding hydrogens is 342 g/mol. The van der Waals surface area contributed by atoms with Crippen LogP contribution >= 0.6 is 38.6 Å². The smallest absolute Gasteiger partial charge is 0.261 e. The third-order valence-corrected chi connectivity index (χ3v) is 5.69. The summed E-state index contributed by atoms with van der Waals surface area (Å²) in [6, 6.07) is 6.14. The Hall–Kier alpha value is -0.650. The van der Waals surface area contributed by atoms with Gasteiger partial charge in [0.05, 0.1) is 8.66 Å². The average Bonchev–Trinajstić information content (AvgIpc) is 2.95. The number of carbonyl (C=O) groups excluding carboxylic acids is 1. The summed E-state index contributed by atoms with van der Waals surface area (Å²) >= 11 is 6.74. The largest absolute Gasteiger partial charge is 0.351 e. The van der Waals surface area contributed by atoms with Crippen molar-refractivity contribution in [1.82, 2.24) is 5.32 Å². The molecule has 0 spiro atoms. The molecule has 0 unspecified atom stereocenters. The molecule has 2 heterocycles. The summed E-state index contributed by atoms with van der Waals surface area (Å²) in [5.74, 6) is 0.0448. The number of hydrogen-bond acceptors (Lipinski definition) is 3. The molecular formula is C14H16BrNOS2. The van der Waals surface area contributed by atoms with Gasteiger partial charge in [-0.2, -0.15) is 0 Å². The van der Waals surface area contributed by atoms with Gasteiger partial charge in [0, 0.05) is 16.3 Å². The van der Waals surface area contributed by atoms with Gasteiger partial charge in [0.15, 0.2) is 0 Å². The zero-order valence-corrected chi connectivity index (χ0v) is 14.2. The molecule has 0 aliphatic heterocycles. The third kappa shape index (κ3) is 3.91. The van der Waals surface area contributed by atoms with Crippen LogP contribution in [0.4, 0.5) is 0 Å². The molecule has 1 N–H and O–H groups in total. The quantitative estimate of drug-likeness (QED) is 0.843. The first-order valence-electron chi connectivity index (χ1n) is 6.22. The fourth-order valence-electron chi connectivity index (χ4n) is 1.86. The lowest BCUT2D eigenvalue weighted by atomic mass is 10.2. The van der Waals surface area contributed by atoms with Crippen LogP contribution in [0.25, 0.3) is 0 Å². The summed E-state index contributed by atoms with van der Waals surface area (Å²) in [7, 11) is 0. The minimum absolute atomic E-state index is 0.0448. The van der Waals surface area contributed by atoms with Crippen LogP contribution in [0.5, 0.6) is 0 Å². The Labute approximate surface area is 130 Å². The normalized spacial score (nSPS) is 10.7. The number of nitrogens with one attached hydrogen (secondary N) is 1. The van der Waals surface area contributed by atoms with Crippen LogP contribution in [-0.2, 0) is 12.8 Å². The molecule has 0 atom stereocenters. The fraction of sp³-hybridized carbons (Fsp3) is 0.357. The van der Waals surface area contributed by atoms with Crippen molar-refractivity contribution in [2.24, 2.45) is 0 Å². The second kappa shape index (κ2) is 6.68. The number of rotatable bonds is 5. The Bertz CT molecular complexity index is 574. The average molecular weight is 358 g/mol. The molecule has 0 bridgehead atoms. The molecule has 0 radical (unpaired) electrons. The summed E-state index contributed by atoms with van der Waals surface area (Å²) in [6.07, 6.45) is 1.87. The number of thiophene rings is 2. The Morgan fingerprint density at radius 1 is 1.37 bits per heavy atom. The van der Waals surface area contributed by atoms with Crippen LogP contribution < -0.4 is 5.32 Å². The van der Waals surface area contributed by atoms with Crippen molar-refractivity contribution >= 4 is 44.5 Å². The molecule has 2 aromatic rings. The molecule has 0 aromatic carbocycles. The van der Waals surface area contributed by atoms with E-state index in [1.165, 1.54) is 15.3 Å². The maximum Gasteiger partial charge on any atom is 0.261 e. The van der Waals surface area contributed by atoms with Gasteiger partial charge in [0.2, 0.25) is 0 Å². The highest BCUT2D eigenvalue weighted by Gasteiger charge is 2.11. The fourth-order valence-corrected chi connectivity index (χ4v) is 4.37. The topological polar surface area (TPSA) is 29.1 Å². The Balaban J connectivity index is 1.87. The second-order valence-corrected chi connectivity index (χ2v) is 8.06. The Morgan fingerprint density at radius 3 is 2.74 bits per heavy atom. The van der Waals surface area contributed by atoms with E-state index in [0.29, 0.717) is 6.54 Å². The molecule has 2 nitrogen and oxygen atoms in total. The number of aryl methyl sites for hydroxylation is 2. The highest BCUT2D eigenvalue weighted by atomic mass is 79.9. The van der Waals surface area contributed by atoms with Gasteiger partial charge in [0.1, 0.15) is 0 Å². The second-order valence-electron chi connectivity index (χ2n) is 4.26.